The zero-order valence-electron chi connectivity index (χ0n) is 11.8. The lowest BCUT2D eigenvalue weighted by molar-refractivity contribution is 0.398. The Morgan fingerprint density at radius 2 is 2.17 bits per heavy atom. The smallest absolute Gasteiger partial charge is 0.119 e. The first-order chi connectivity index (χ1) is 8.72. The third-order valence-corrected chi connectivity index (χ3v) is 3.89. The Morgan fingerprint density at radius 1 is 1.39 bits per heavy atom. The molecule has 0 bridgehead atoms. The number of hydrogen-bond donors (Lipinski definition) is 1. The van der Waals surface area contributed by atoms with Gasteiger partial charge in [0.05, 0.1) is 7.11 Å². The molecule has 0 aromatic heterocycles. The molecule has 1 aliphatic carbocycles. The molecular formula is C16H25NO. The second-order valence-electron chi connectivity index (χ2n) is 5.45. The van der Waals surface area contributed by atoms with Crippen LogP contribution in [0.15, 0.2) is 24.3 Å². The van der Waals surface area contributed by atoms with Crippen molar-refractivity contribution in [1.82, 2.24) is 5.32 Å². The molecule has 1 fully saturated rings. The van der Waals surface area contributed by atoms with Crippen molar-refractivity contribution < 1.29 is 4.74 Å². The van der Waals surface area contributed by atoms with Crippen LogP contribution in [0.4, 0.5) is 0 Å². The van der Waals surface area contributed by atoms with Crippen LogP contribution in [-0.2, 0) is 0 Å². The third kappa shape index (κ3) is 3.74. The summed E-state index contributed by atoms with van der Waals surface area (Å²) in [4.78, 5) is 0. The molecule has 1 aliphatic rings. The molecule has 2 heteroatoms. The van der Waals surface area contributed by atoms with E-state index in [0.717, 1.165) is 11.7 Å². The summed E-state index contributed by atoms with van der Waals surface area (Å²) in [5.74, 6) is 1.93. The molecule has 2 rings (SSSR count). The van der Waals surface area contributed by atoms with Gasteiger partial charge in [-0.25, -0.2) is 0 Å². The molecule has 1 saturated carbocycles. The van der Waals surface area contributed by atoms with Gasteiger partial charge in [0.25, 0.3) is 0 Å². The fraction of sp³-hybridized carbons (Fsp3) is 0.625. The molecule has 0 heterocycles. The molecular weight excluding hydrogens is 222 g/mol. The molecule has 0 aliphatic heterocycles. The average molecular weight is 247 g/mol. The number of methoxy groups -OCH3 is 1. The molecule has 18 heavy (non-hydrogen) atoms. The van der Waals surface area contributed by atoms with Crippen LogP contribution in [0.5, 0.6) is 5.75 Å². The molecule has 2 nitrogen and oxygen atoms in total. The lowest BCUT2D eigenvalue weighted by Crippen LogP contribution is -2.31. The van der Waals surface area contributed by atoms with Gasteiger partial charge in [-0.15, -0.1) is 0 Å². The highest BCUT2D eigenvalue weighted by Gasteiger charge is 2.25. The van der Waals surface area contributed by atoms with E-state index < -0.39 is 0 Å². The largest absolute Gasteiger partial charge is 0.497 e. The molecule has 1 aromatic rings. The predicted molar refractivity (Wildman–Crippen MR) is 76.0 cm³/mol. The molecule has 0 amide bonds. The van der Waals surface area contributed by atoms with Gasteiger partial charge in [0, 0.05) is 12.1 Å². The minimum absolute atomic E-state index is 0.392. The zero-order valence-corrected chi connectivity index (χ0v) is 11.8. The summed E-state index contributed by atoms with van der Waals surface area (Å²) in [6.45, 7) is 4.52. The van der Waals surface area contributed by atoms with Gasteiger partial charge in [-0.05, 0) is 43.4 Å². The summed E-state index contributed by atoms with van der Waals surface area (Å²) >= 11 is 0. The fourth-order valence-corrected chi connectivity index (χ4v) is 2.47. The van der Waals surface area contributed by atoms with Crippen LogP contribution in [0.25, 0.3) is 0 Å². The van der Waals surface area contributed by atoms with Crippen molar-refractivity contribution in [2.45, 2.75) is 51.6 Å². The molecule has 1 aromatic carbocycles. The van der Waals surface area contributed by atoms with Crippen molar-refractivity contribution in [1.29, 1.82) is 0 Å². The lowest BCUT2D eigenvalue weighted by Gasteiger charge is -2.23. The summed E-state index contributed by atoms with van der Waals surface area (Å²) in [5, 5.41) is 3.75. The SMILES string of the molecule is CCC(CC1CC1)NC(C)c1cccc(OC)c1. The summed E-state index contributed by atoms with van der Waals surface area (Å²) in [7, 11) is 1.72. The minimum Gasteiger partial charge on any atom is -0.497 e. The Labute approximate surface area is 111 Å². The topological polar surface area (TPSA) is 21.3 Å². The van der Waals surface area contributed by atoms with Gasteiger partial charge in [-0.2, -0.15) is 0 Å². The molecule has 0 saturated heterocycles. The van der Waals surface area contributed by atoms with Crippen molar-refractivity contribution in [3.8, 4) is 5.75 Å². The van der Waals surface area contributed by atoms with Crippen LogP contribution < -0.4 is 10.1 Å². The molecule has 100 valence electrons. The Hall–Kier alpha value is -1.02. The van der Waals surface area contributed by atoms with Crippen molar-refractivity contribution in [3.63, 3.8) is 0 Å². The first-order valence-electron chi connectivity index (χ1n) is 7.13. The number of hydrogen-bond acceptors (Lipinski definition) is 2. The van der Waals surface area contributed by atoms with Gasteiger partial charge in [-0.3, -0.25) is 0 Å². The maximum Gasteiger partial charge on any atom is 0.119 e. The lowest BCUT2D eigenvalue weighted by atomic mass is 10.0. The second-order valence-corrected chi connectivity index (χ2v) is 5.45. The van der Waals surface area contributed by atoms with E-state index in [-0.39, 0.29) is 0 Å². The average Bonchev–Trinajstić information content (AvgIpc) is 3.21. The van der Waals surface area contributed by atoms with Gasteiger partial charge in [-0.1, -0.05) is 31.9 Å². The second kappa shape index (κ2) is 6.24. The Bertz CT molecular complexity index is 373. The maximum atomic E-state index is 5.28. The van der Waals surface area contributed by atoms with E-state index in [1.54, 1.807) is 7.11 Å². The Kier molecular flexibility index (Phi) is 4.65. The van der Waals surface area contributed by atoms with Crippen LogP contribution in [0, 0.1) is 5.92 Å². The van der Waals surface area contributed by atoms with Crippen LogP contribution in [0.2, 0.25) is 0 Å². The van der Waals surface area contributed by atoms with Crippen LogP contribution in [0.1, 0.15) is 51.1 Å². The van der Waals surface area contributed by atoms with Crippen molar-refractivity contribution in [2.75, 3.05) is 7.11 Å². The Balaban J connectivity index is 1.93. The quantitative estimate of drug-likeness (QED) is 0.788. The molecule has 2 unspecified atom stereocenters. The van der Waals surface area contributed by atoms with Crippen molar-refractivity contribution in [2.24, 2.45) is 5.92 Å². The highest BCUT2D eigenvalue weighted by Crippen LogP contribution is 2.34. The van der Waals surface area contributed by atoms with Crippen molar-refractivity contribution >= 4 is 0 Å². The summed E-state index contributed by atoms with van der Waals surface area (Å²) in [5.41, 5.74) is 1.31. The van der Waals surface area contributed by atoms with Gasteiger partial charge >= 0.3 is 0 Å². The van der Waals surface area contributed by atoms with Gasteiger partial charge in [0.1, 0.15) is 5.75 Å². The van der Waals surface area contributed by atoms with Crippen LogP contribution >= 0.6 is 0 Å². The number of rotatable bonds is 7. The summed E-state index contributed by atoms with van der Waals surface area (Å²) in [6.07, 6.45) is 5.42. The first kappa shape index (κ1) is 13.4. The highest BCUT2D eigenvalue weighted by atomic mass is 16.5. The van der Waals surface area contributed by atoms with E-state index >= 15 is 0 Å². The van der Waals surface area contributed by atoms with Crippen LogP contribution in [0.3, 0.4) is 0 Å². The molecule has 0 spiro atoms. The van der Waals surface area contributed by atoms with Crippen molar-refractivity contribution in [3.05, 3.63) is 29.8 Å². The van der Waals surface area contributed by atoms with Gasteiger partial charge < -0.3 is 10.1 Å². The van der Waals surface area contributed by atoms with E-state index in [0.29, 0.717) is 12.1 Å². The molecule has 0 radical (unpaired) electrons. The number of ether oxygens (including phenoxy) is 1. The standard InChI is InChI=1S/C16H25NO/c1-4-15(10-13-8-9-13)17-12(2)14-6-5-7-16(11-14)18-3/h5-7,11-13,15,17H,4,8-10H2,1-3H3. The minimum atomic E-state index is 0.392. The zero-order chi connectivity index (χ0) is 13.0. The van der Waals surface area contributed by atoms with E-state index in [2.05, 4.69) is 37.4 Å². The third-order valence-electron chi connectivity index (χ3n) is 3.89. The van der Waals surface area contributed by atoms with E-state index in [1.807, 2.05) is 6.07 Å². The molecule has 1 N–H and O–H groups in total. The molecule has 2 atom stereocenters. The summed E-state index contributed by atoms with van der Waals surface area (Å²) < 4.78 is 5.28. The number of nitrogens with one attached hydrogen (secondary N) is 1. The van der Waals surface area contributed by atoms with E-state index in [1.165, 1.54) is 31.2 Å². The van der Waals surface area contributed by atoms with Crippen LogP contribution in [-0.4, -0.2) is 13.2 Å². The number of benzene rings is 1. The Morgan fingerprint density at radius 3 is 2.78 bits per heavy atom. The van der Waals surface area contributed by atoms with E-state index in [4.69, 9.17) is 4.74 Å². The normalized spacial score (nSPS) is 18.4. The highest BCUT2D eigenvalue weighted by molar-refractivity contribution is 5.30. The first-order valence-corrected chi connectivity index (χ1v) is 7.13. The predicted octanol–water partition coefficient (Wildman–Crippen LogP) is 3.92. The maximum absolute atomic E-state index is 5.28. The van der Waals surface area contributed by atoms with Gasteiger partial charge in [0.15, 0.2) is 0 Å². The summed E-state index contributed by atoms with van der Waals surface area (Å²) in [6, 6.07) is 9.40. The van der Waals surface area contributed by atoms with Gasteiger partial charge in [0.2, 0.25) is 0 Å². The fourth-order valence-electron chi connectivity index (χ4n) is 2.47. The monoisotopic (exact) mass is 247 g/mol. The van der Waals surface area contributed by atoms with E-state index in [9.17, 15) is 0 Å².